The van der Waals surface area contributed by atoms with Crippen molar-refractivity contribution in [1.29, 1.82) is 0 Å². The number of rotatable bonds is 2. The zero-order valence-corrected chi connectivity index (χ0v) is 8.39. The van der Waals surface area contributed by atoms with E-state index in [4.69, 9.17) is 16.3 Å². The van der Waals surface area contributed by atoms with Crippen molar-refractivity contribution in [2.45, 2.75) is 0 Å². The summed E-state index contributed by atoms with van der Waals surface area (Å²) in [4.78, 5) is 0. The summed E-state index contributed by atoms with van der Waals surface area (Å²) in [6, 6.07) is 4.67. The van der Waals surface area contributed by atoms with Crippen LogP contribution < -0.4 is 4.74 Å². The van der Waals surface area contributed by atoms with Gasteiger partial charge in [-0.15, -0.1) is 0 Å². The molecule has 60 valence electrons. The van der Waals surface area contributed by atoms with Gasteiger partial charge in [-0.2, -0.15) is 0 Å². The molecule has 4 heteroatoms. The van der Waals surface area contributed by atoms with Gasteiger partial charge in [-0.1, -0.05) is 17.7 Å². The Hall–Kier alpha value is -0.0300. The van der Waals surface area contributed by atoms with Gasteiger partial charge in [-0.05, 0) is 34.7 Å². The van der Waals surface area contributed by atoms with E-state index in [-0.39, 0.29) is 10.8 Å². The topological polar surface area (TPSA) is 9.23 Å². The Morgan fingerprint density at radius 2 is 2.27 bits per heavy atom. The normalized spacial score (nSPS) is 9.73. The quantitative estimate of drug-likeness (QED) is 0.599. The average Bonchev–Trinajstić information content (AvgIpc) is 1.99. The number of halogens is 3. The number of ether oxygens (including phenoxy) is 1. The summed E-state index contributed by atoms with van der Waals surface area (Å²) in [6.45, 7) is 0. The van der Waals surface area contributed by atoms with Crippen molar-refractivity contribution in [1.82, 2.24) is 0 Å². The van der Waals surface area contributed by atoms with Crippen LogP contribution in [0.25, 0.3) is 0 Å². The molecule has 0 aliphatic heterocycles. The van der Waals surface area contributed by atoms with E-state index in [0.29, 0.717) is 4.61 Å². The van der Waals surface area contributed by atoms with Crippen LogP contribution in [0.15, 0.2) is 18.2 Å². The lowest BCUT2D eigenvalue weighted by Gasteiger charge is -2.03. The van der Waals surface area contributed by atoms with Crippen molar-refractivity contribution in [3.05, 3.63) is 29.0 Å². The molecule has 0 radical (unpaired) electrons. The molecule has 1 aromatic rings. The molecule has 0 N–H and O–H groups in total. The second-order valence-corrected chi connectivity index (χ2v) is 2.84. The highest BCUT2D eigenvalue weighted by atomic mass is 127. The Kier molecular flexibility index (Phi) is 3.39. The van der Waals surface area contributed by atoms with E-state index in [1.165, 1.54) is 6.07 Å². The van der Waals surface area contributed by atoms with Crippen LogP contribution in [0.2, 0.25) is 5.02 Å². The van der Waals surface area contributed by atoms with Gasteiger partial charge in [0.05, 0.1) is 5.02 Å². The molecule has 0 atom stereocenters. The van der Waals surface area contributed by atoms with Crippen LogP contribution in [-0.4, -0.2) is 4.61 Å². The third kappa shape index (κ3) is 2.20. The van der Waals surface area contributed by atoms with E-state index in [9.17, 15) is 4.39 Å². The van der Waals surface area contributed by atoms with E-state index in [2.05, 4.69) is 0 Å². The first kappa shape index (κ1) is 9.06. The summed E-state index contributed by atoms with van der Waals surface area (Å²) >= 11 is 7.48. The predicted molar refractivity (Wildman–Crippen MR) is 50.9 cm³/mol. The van der Waals surface area contributed by atoms with Crippen molar-refractivity contribution in [3.8, 4) is 5.75 Å². The lowest BCUT2D eigenvalue weighted by Crippen LogP contribution is -1.91. The molecule has 0 aliphatic carbocycles. The molecule has 0 saturated heterocycles. The maximum Gasteiger partial charge on any atom is 0.183 e. The Balaban J connectivity index is 2.96. The highest BCUT2D eigenvalue weighted by molar-refractivity contribution is 14.1. The minimum Gasteiger partial charge on any atom is -0.480 e. The minimum atomic E-state index is -0.495. The van der Waals surface area contributed by atoms with Gasteiger partial charge >= 0.3 is 0 Å². The largest absolute Gasteiger partial charge is 0.480 e. The molecule has 0 heterocycles. The van der Waals surface area contributed by atoms with Gasteiger partial charge in [0.15, 0.2) is 11.6 Å². The Labute approximate surface area is 82.6 Å². The molecule has 1 nitrogen and oxygen atoms in total. The van der Waals surface area contributed by atoms with Gasteiger partial charge < -0.3 is 4.74 Å². The van der Waals surface area contributed by atoms with Crippen LogP contribution in [0.3, 0.4) is 0 Å². The van der Waals surface area contributed by atoms with Crippen molar-refractivity contribution >= 4 is 34.2 Å². The van der Waals surface area contributed by atoms with Crippen LogP contribution in [-0.2, 0) is 0 Å². The second kappa shape index (κ2) is 4.11. The van der Waals surface area contributed by atoms with Gasteiger partial charge in [-0.3, -0.25) is 0 Å². The molecule has 0 aromatic heterocycles. The number of hydrogen-bond acceptors (Lipinski definition) is 1. The predicted octanol–water partition coefficient (Wildman–Crippen LogP) is 3.25. The van der Waals surface area contributed by atoms with Gasteiger partial charge in [0.1, 0.15) is 4.61 Å². The molecule has 0 aliphatic rings. The van der Waals surface area contributed by atoms with Gasteiger partial charge in [0, 0.05) is 0 Å². The lowest BCUT2D eigenvalue weighted by molar-refractivity contribution is 0.378. The fourth-order valence-electron chi connectivity index (χ4n) is 0.654. The van der Waals surface area contributed by atoms with Crippen LogP contribution in [0.4, 0.5) is 4.39 Å². The molecule has 1 rings (SSSR count). The fraction of sp³-hybridized carbons (Fsp3) is 0.143. The number of hydrogen-bond donors (Lipinski definition) is 0. The molecule has 11 heavy (non-hydrogen) atoms. The zero-order valence-electron chi connectivity index (χ0n) is 5.48. The zero-order chi connectivity index (χ0) is 8.27. The van der Waals surface area contributed by atoms with Crippen molar-refractivity contribution in [2.24, 2.45) is 0 Å². The Morgan fingerprint density at radius 3 is 2.91 bits per heavy atom. The number of benzene rings is 1. The first-order valence-corrected chi connectivity index (χ1v) is 4.79. The van der Waals surface area contributed by atoms with E-state index < -0.39 is 5.82 Å². The first-order valence-electron chi connectivity index (χ1n) is 2.88. The van der Waals surface area contributed by atoms with E-state index in [1.807, 2.05) is 22.6 Å². The summed E-state index contributed by atoms with van der Waals surface area (Å²) in [5, 5.41) is 0.0901. The molecular formula is C7H5ClFIO. The SMILES string of the molecule is Fc1c(Cl)cccc1OCI. The van der Waals surface area contributed by atoms with Crippen LogP contribution in [0.5, 0.6) is 5.75 Å². The lowest BCUT2D eigenvalue weighted by atomic mass is 10.3. The molecule has 0 bridgehead atoms. The standard InChI is InChI=1S/C7H5ClFIO/c8-5-2-1-3-6(7(5)9)11-4-10/h1-3H,4H2. The second-order valence-electron chi connectivity index (χ2n) is 1.81. The Bertz CT molecular complexity index is 254. The van der Waals surface area contributed by atoms with Crippen LogP contribution in [0.1, 0.15) is 0 Å². The van der Waals surface area contributed by atoms with Gasteiger partial charge in [0.2, 0.25) is 0 Å². The van der Waals surface area contributed by atoms with Crippen molar-refractivity contribution < 1.29 is 9.13 Å². The number of alkyl halides is 1. The molecule has 0 spiro atoms. The first-order chi connectivity index (χ1) is 5.25. The summed E-state index contributed by atoms with van der Waals surface area (Å²) in [5.41, 5.74) is 0. The van der Waals surface area contributed by atoms with Crippen molar-refractivity contribution in [3.63, 3.8) is 0 Å². The smallest absolute Gasteiger partial charge is 0.183 e. The molecule has 0 fully saturated rings. The van der Waals surface area contributed by atoms with E-state index >= 15 is 0 Å². The van der Waals surface area contributed by atoms with E-state index in [0.717, 1.165) is 0 Å². The summed E-state index contributed by atoms with van der Waals surface area (Å²) in [5.74, 6) is -0.294. The highest BCUT2D eigenvalue weighted by Crippen LogP contribution is 2.24. The maximum atomic E-state index is 12.9. The van der Waals surface area contributed by atoms with E-state index in [1.54, 1.807) is 12.1 Å². The van der Waals surface area contributed by atoms with Crippen LogP contribution in [0, 0.1) is 5.82 Å². The maximum absolute atomic E-state index is 12.9. The molecule has 1 aromatic carbocycles. The third-order valence-electron chi connectivity index (χ3n) is 1.13. The summed E-state index contributed by atoms with van der Waals surface area (Å²) < 4.78 is 18.3. The molecule has 0 amide bonds. The third-order valence-corrected chi connectivity index (χ3v) is 1.73. The molecular weight excluding hydrogens is 281 g/mol. The summed E-state index contributed by atoms with van der Waals surface area (Å²) in [6.07, 6.45) is 0. The fourth-order valence-corrected chi connectivity index (χ4v) is 1.16. The Morgan fingerprint density at radius 1 is 1.55 bits per heavy atom. The monoisotopic (exact) mass is 286 g/mol. The summed E-state index contributed by atoms with van der Waals surface area (Å²) in [7, 11) is 0. The minimum absolute atomic E-state index is 0.0901. The van der Waals surface area contributed by atoms with Crippen molar-refractivity contribution in [2.75, 3.05) is 4.61 Å². The molecule has 0 saturated carbocycles. The highest BCUT2D eigenvalue weighted by Gasteiger charge is 2.05. The van der Waals surface area contributed by atoms with Gasteiger partial charge in [-0.25, -0.2) is 4.39 Å². The van der Waals surface area contributed by atoms with Gasteiger partial charge in [0.25, 0.3) is 0 Å². The molecule has 0 unspecified atom stereocenters. The average molecular weight is 286 g/mol. The van der Waals surface area contributed by atoms with Crippen LogP contribution >= 0.6 is 34.2 Å².